The number of rotatable bonds is 5. The Hall–Kier alpha value is -2.38. The molecule has 9 heteroatoms. The molecule has 0 bridgehead atoms. The minimum Gasteiger partial charge on any atom is -0.323 e. The van der Waals surface area contributed by atoms with E-state index < -0.39 is 30.3 Å². The molecule has 7 nitrogen and oxygen atoms in total. The van der Waals surface area contributed by atoms with E-state index in [2.05, 4.69) is 11.9 Å². The minimum absolute atomic E-state index is 0.107. The van der Waals surface area contributed by atoms with E-state index in [0.717, 1.165) is 0 Å². The van der Waals surface area contributed by atoms with Crippen LogP contribution in [-0.4, -0.2) is 46.6 Å². The van der Waals surface area contributed by atoms with Gasteiger partial charge in [-0.1, -0.05) is 29.3 Å². The Balaban J connectivity index is 2.08. The predicted molar refractivity (Wildman–Crippen MR) is 84.1 cm³/mol. The van der Waals surface area contributed by atoms with E-state index in [1.165, 1.54) is 24.3 Å². The molecule has 2 rings (SSSR count). The normalized spacial score (nSPS) is 14.4. The number of carbonyl (C=O) groups excluding carboxylic acids is 4. The summed E-state index contributed by atoms with van der Waals surface area (Å²) in [6.07, 6.45) is 1.31. The number of imide groups is 2. The van der Waals surface area contributed by atoms with Crippen LogP contribution in [0.3, 0.4) is 0 Å². The van der Waals surface area contributed by atoms with Gasteiger partial charge in [0.15, 0.2) is 0 Å². The highest BCUT2D eigenvalue weighted by Gasteiger charge is 2.44. The Bertz CT molecular complexity index is 720. The number of amides is 5. The number of anilines is 1. The Morgan fingerprint density at radius 3 is 2.43 bits per heavy atom. The lowest BCUT2D eigenvalue weighted by molar-refractivity contribution is -0.143. The fourth-order valence-corrected chi connectivity index (χ4v) is 2.36. The summed E-state index contributed by atoms with van der Waals surface area (Å²) in [5.74, 6) is -2.73. The Morgan fingerprint density at radius 1 is 1.17 bits per heavy atom. The summed E-state index contributed by atoms with van der Waals surface area (Å²) >= 11 is 11.7. The largest absolute Gasteiger partial charge is 0.335 e. The number of hydrogen-bond acceptors (Lipinski definition) is 4. The third kappa shape index (κ3) is 3.52. The summed E-state index contributed by atoms with van der Waals surface area (Å²) in [6, 6.07) is 3.56. The summed E-state index contributed by atoms with van der Waals surface area (Å²) in [7, 11) is 0. The lowest BCUT2D eigenvalue weighted by atomic mass is 10.3. The van der Waals surface area contributed by atoms with Gasteiger partial charge in [0.2, 0.25) is 5.91 Å². The standard InChI is InChI=1S/C14H11Cl2N3O4/c1-2-5-18-12(21)13(22)19(14(18)23)7-11(20)17-10-4-3-8(15)6-9(10)16/h2-4,6H,1,5,7H2,(H,17,20). The first-order chi connectivity index (χ1) is 10.8. The quantitative estimate of drug-likeness (QED) is 0.496. The fourth-order valence-electron chi connectivity index (χ4n) is 1.90. The maximum Gasteiger partial charge on any atom is 0.335 e. The van der Waals surface area contributed by atoms with Crippen LogP contribution < -0.4 is 5.32 Å². The van der Waals surface area contributed by atoms with Crippen LogP contribution in [0, 0.1) is 0 Å². The lowest BCUT2D eigenvalue weighted by Gasteiger charge is -2.14. The van der Waals surface area contributed by atoms with E-state index in [1.54, 1.807) is 0 Å². The van der Waals surface area contributed by atoms with Crippen LogP contribution in [0.15, 0.2) is 30.9 Å². The van der Waals surface area contributed by atoms with Crippen LogP contribution >= 0.6 is 23.2 Å². The summed E-state index contributed by atoms with van der Waals surface area (Å²) in [5.41, 5.74) is 0.273. The van der Waals surface area contributed by atoms with E-state index in [1.807, 2.05) is 0 Å². The minimum atomic E-state index is -1.06. The van der Waals surface area contributed by atoms with Crippen molar-refractivity contribution in [3.63, 3.8) is 0 Å². The van der Waals surface area contributed by atoms with E-state index in [0.29, 0.717) is 14.8 Å². The molecule has 0 radical (unpaired) electrons. The molecule has 1 aliphatic rings. The van der Waals surface area contributed by atoms with Crippen molar-refractivity contribution in [1.82, 2.24) is 9.80 Å². The van der Waals surface area contributed by atoms with Crippen molar-refractivity contribution in [3.05, 3.63) is 40.9 Å². The molecule has 1 aromatic rings. The van der Waals surface area contributed by atoms with Gasteiger partial charge in [0, 0.05) is 11.6 Å². The molecule has 1 aliphatic heterocycles. The molecule has 1 aromatic carbocycles. The topological polar surface area (TPSA) is 86.8 Å². The molecule has 0 spiro atoms. The molecule has 0 saturated carbocycles. The van der Waals surface area contributed by atoms with E-state index in [9.17, 15) is 19.2 Å². The molecule has 1 N–H and O–H groups in total. The molecule has 23 heavy (non-hydrogen) atoms. The van der Waals surface area contributed by atoms with Crippen molar-refractivity contribution < 1.29 is 19.2 Å². The average molecular weight is 356 g/mol. The molecule has 0 atom stereocenters. The smallest absolute Gasteiger partial charge is 0.323 e. The molecular weight excluding hydrogens is 345 g/mol. The highest BCUT2D eigenvalue weighted by Crippen LogP contribution is 2.25. The van der Waals surface area contributed by atoms with Crippen LogP contribution in [0.5, 0.6) is 0 Å². The maximum absolute atomic E-state index is 12.0. The average Bonchev–Trinajstić information content (AvgIpc) is 2.68. The van der Waals surface area contributed by atoms with Crippen LogP contribution in [-0.2, 0) is 14.4 Å². The van der Waals surface area contributed by atoms with Gasteiger partial charge in [-0.15, -0.1) is 6.58 Å². The van der Waals surface area contributed by atoms with Gasteiger partial charge in [0.05, 0.1) is 10.7 Å². The van der Waals surface area contributed by atoms with Gasteiger partial charge in [-0.25, -0.2) is 9.69 Å². The number of benzene rings is 1. The maximum atomic E-state index is 12.0. The summed E-state index contributed by atoms with van der Waals surface area (Å²) in [5, 5.41) is 3.04. The lowest BCUT2D eigenvalue weighted by Crippen LogP contribution is -2.39. The second kappa shape index (κ2) is 6.80. The molecule has 120 valence electrons. The molecular formula is C14H11Cl2N3O4. The summed E-state index contributed by atoms with van der Waals surface area (Å²) in [4.78, 5) is 48.6. The van der Waals surface area contributed by atoms with E-state index in [4.69, 9.17) is 23.2 Å². The first-order valence-electron chi connectivity index (χ1n) is 6.38. The molecule has 0 unspecified atom stereocenters. The third-order valence-electron chi connectivity index (χ3n) is 2.95. The van der Waals surface area contributed by atoms with Crippen LogP contribution in [0.2, 0.25) is 10.0 Å². The number of nitrogens with one attached hydrogen (secondary N) is 1. The van der Waals surface area contributed by atoms with Gasteiger partial charge in [-0.05, 0) is 18.2 Å². The summed E-state index contributed by atoms with van der Waals surface area (Å²) in [6.45, 7) is 2.69. The molecule has 5 amide bonds. The Labute approximate surface area is 141 Å². The number of carbonyl (C=O) groups is 4. The second-order valence-corrected chi connectivity index (χ2v) is 5.39. The van der Waals surface area contributed by atoms with Gasteiger partial charge in [0.1, 0.15) is 6.54 Å². The molecule has 1 saturated heterocycles. The van der Waals surface area contributed by atoms with E-state index in [-0.39, 0.29) is 17.3 Å². The zero-order valence-corrected chi connectivity index (χ0v) is 13.2. The van der Waals surface area contributed by atoms with Crippen molar-refractivity contribution in [2.24, 2.45) is 0 Å². The van der Waals surface area contributed by atoms with Gasteiger partial charge in [-0.2, -0.15) is 0 Å². The highest BCUT2D eigenvalue weighted by molar-refractivity contribution is 6.45. The SMILES string of the molecule is C=CCN1C(=O)C(=O)N(CC(=O)Nc2ccc(Cl)cc2Cl)C1=O. The Morgan fingerprint density at radius 2 is 1.83 bits per heavy atom. The van der Waals surface area contributed by atoms with Crippen molar-refractivity contribution in [2.75, 3.05) is 18.4 Å². The van der Waals surface area contributed by atoms with Gasteiger partial charge in [-0.3, -0.25) is 19.3 Å². The van der Waals surface area contributed by atoms with Crippen LogP contribution in [0.4, 0.5) is 10.5 Å². The number of urea groups is 1. The predicted octanol–water partition coefficient (Wildman–Crippen LogP) is 1.91. The monoisotopic (exact) mass is 355 g/mol. The van der Waals surface area contributed by atoms with Gasteiger partial charge < -0.3 is 5.32 Å². The zero-order chi connectivity index (χ0) is 17.1. The summed E-state index contributed by atoms with van der Waals surface area (Å²) < 4.78 is 0. The van der Waals surface area contributed by atoms with Gasteiger partial charge in [0.25, 0.3) is 0 Å². The fraction of sp³-hybridized carbons (Fsp3) is 0.143. The van der Waals surface area contributed by atoms with Crippen molar-refractivity contribution in [2.45, 2.75) is 0 Å². The Kier molecular flexibility index (Phi) is 5.02. The third-order valence-corrected chi connectivity index (χ3v) is 3.50. The highest BCUT2D eigenvalue weighted by atomic mass is 35.5. The zero-order valence-electron chi connectivity index (χ0n) is 11.7. The first kappa shape index (κ1) is 17.0. The van der Waals surface area contributed by atoms with E-state index >= 15 is 0 Å². The first-order valence-corrected chi connectivity index (χ1v) is 7.14. The number of halogens is 2. The molecule has 1 fully saturated rings. The molecule has 1 heterocycles. The van der Waals surface area contributed by atoms with Crippen LogP contribution in [0.1, 0.15) is 0 Å². The molecule has 0 aromatic heterocycles. The van der Waals surface area contributed by atoms with Gasteiger partial charge >= 0.3 is 17.8 Å². The van der Waals surface area contributed by atoms with Crippen molar-refractivity contribution in [3.8, 4) is 0 Å². The number of hydrogen-bond donors (Lipinski definition) is 1. The van der Waals surface area contributed by atoms with Crippen molar-refractivity contribution >= 4 is 52.6 Å². The number of nitrogens with zero attached hydrogens (tertiary/aromatic N) is 2. The van der Waals surface area contributed by atoms with Crippen molar-refractivity contribution in [1.29, 1.82) is 0 Å². The second-order valence-electron chi connectivity index (χ2n) is 4.55. The van der Waals surface area contributed by atoms with Crippen LogP contribution in [0.25, 0.3) is 0 Å². The molecule has 0 aliphatic carbocycles.